The lowest BCUT2D eigenvalue weighted by Gasteiger charge is -2.15. The molecule has 0 aliphatic heterocycles. The minimum Gasteiger partial charge on any atom is -0.504 e. The number of anilines is 1. The molecule has 0 aliphatic carbocycles. The molecule has 0 saturated carbocycles. The van der Waals surface area contributed by atoms with E-state index in [0.29, 0.717) is 4.99 Å². The number of benzene rings is 3. The van der Waals surface area contributed by atoms with Crippen LogP contribution in [0.3, 0.4) is 0 Å². The second kappa shape index (κ2) is 8.79. The second-order valence-electron chi connectivity index (χ2n) is 5.64. The highest BCUT2D eigenvalue weighted by atomic mass is 79.9. The van der Waals surface area contributed by atoms with Crippen molar-refractivity contribution >= 4 is 44.4 Å². The predicted molar refractivity (Wildman–Crippen MR) is 116 cm³/mol. The zero-order valence-corrected chi connectivity index (χ0v) is 16.7. The molecule has 0 heterocycles. The lowest BCUT2D eigenvalue weighted by molar-refractivity contribution is 0.340. The summed E-state index contributed by atoms with van der Waals surface area (Å²) >= 11 is 9.13. The van der Waals surface area contributed by atoms with Crippen molar-refractivity contribution in [2.75, 3.05) is 12.4 Å². The summed E-state index contributed by atoms with van der Waals surface area (Å²) in [6.07, 6.45) is 1.76. The molecule has 0 bridgehead atoms. The number of thiocarbonyl (C=S) groups is 1. The molecule has 1 N–H and O–H groups in total. The minimum absolute atomic E-state index is 0.667. The van der Waals surface area contributed by atoms with E-state index < -0.39 is 0 Å². The first-order valence-electron chi connectivity index (χ1n) is 8.14. The highest BCUT2D eigenvalue weighted by Gasteiger charge is 2.13. The standard InChI is InChI=1S/C22H18BrNOS/c1-25-15-21(16-7-3-2-4-8-16)19-9-5-6-10-20(19)22(26)24-18-13-11-17(23)12-14-18/h2-15H,1H3,(H,24,26)/b21-15+. The van der Waals surface area contributed by atoms with Crippen LogP contribution in [0.4, 0.5) is 5.69 Å². The lowest BCUT2D eigenvalue weighted by atomic mass is 9.94. The van der Waals surface area contributed by atoms with E-state index in [0.717, 1.165) is 32.4 Å². The third-order valence-corrected chi connectivity index (χ3v) is 4.74. The van der Waals surface area contributed by atoms with E-state index in [1.807, 2.05) is 60.7 Å². The lowest BCUT2D eigenvalue weighted by Crippen LogP contribution is -2.13. The number of hydrogen-bond acceptors (Lipinski definition) is 2. The van der Waals surface area contributed by atoms with Crippen molar-refractivity contribution in [2.45, 2.75) is 0 Å². The monoisotopic (exact) mass is 423 g/mol. The van der Waals surface area contributed by atoms with Crippen LogP contribution in [0.15, 0.2) is 89.6 Å². The first-order chi connectivity index (χ1) is 12.7. The Bertz CT molecular complexity index is 920. The van der Waals surface area contributed by atoms with Gasteiger partial charge in [0.1, 0.15) is 4.99 Å². The molecule has 26 heavy (non-hydrogen) atoms. The fourth-order valence-electron chi connectivity index (χ4n) is 2.67. The molecule has 0 atom stereocenters. The largest absolute Gasteiger partial charge is 0.504 e. The Labute approximate surface area is 167 Å². The van der Waals surface area contributed by atoms with Gasteiger partial charge in [0.2, 0.25) is 0 Å². The molecule has 0 fully saturated rings. The molecule has 3 rings (SSSR count). The third-order valence-electron chi connectivity index (χ3n) is 3.88. The number of rotatable bonds is 5. The molecule has 0 aromatic heterocycles. The van der Waals surface area contributed by atoms with Crippen LogP contribution in [0, 0.1) is 0 Å². The predicted octanol–water partition coefficient (Wildman–Crippen LogP) is 6.27. The van der Waals surface area contributed by atoms with Crippen LogP contribution in [0.25, 0.3) is 5.57 Å². The maximum Gasteiger partial charge on any atom is 0.111 e. The molecule has 3 aromatic carbocycles. The van der Waals surface area contributed by atoms with Crippen LogP contribution in [-0.2, 0) is 4.74 Å². The highest BCUT2D eigenvalue weighted by molar-refractivity contribution is 9.10. The highest BCUT2D eigenvalue weighted by Crippen LogP contribution is 2.27. The van der Waals surface area contributed by atoms with E-state index in [-0.39, 0.29) is 0 Å². The van der Waals surface area contributed by atoms with Gasteiger partial charge in [-0.05, 0) is 35.4 Å². The van der Waals surface area contributed by atoms with E-state index in [1.165, 1.54) is 0 Å². The topological polar surface area (TPSA) is 21.3 Å². The third kappa shape index (κ3) is 4.40. The number of halogens is 1. The summed E-state index contributed by atoms with van der Waals surface area (Å²) in [7, 11) is 1.66. The first kappa shape index (κ1) is 18.4. The van der Waals surface area contributed by atoms with Crippen LogP contribution in [-0.4, -0.2) is 12.1 Å². The Morgan fingerprint density at radius 1 is 0.885 bits per heavy atom. The van der Waals surface area contributed by atoms with Gasteiger partial charge in [-0.3, -0.25) is 0 Å². The average molecular weight is 424 g/mol. The zero-order chi connectivity index (χ0) is 18.4. The van der Waals surface area contributed by atoms with Gasteiger partial charge in [-0.15, -0.1) is 0 Å². The number of ether oxygens (including phenoxy) is 1. The average Bonchev–Trinajstić information content (AvgIpc) is 2.68. The van der Waals surface area contributed by atoms with Gasteiger partial charge < -0.3 is 10.1 Å². The quantitative estimate of drug-likeness (QED) is 0.385. The molecule has 0 unspecified atom stereocenters. The molecule has 2 nitrogen and oxygen atoms in total. The summed E-state index contributed by atoms with van der Waals surface area (Å²) in [6.45, 7) is 0. The fourth-order valence-corrected chi connectivity index (χ4v) is 3.23. The molecule has 0 saturated heterocycles. The molecule has 0 aliphatic rings. The Morgan fingerprint density at radius 2 is 1.50 bits per heavy atom. The molecule has 0 radical (unpaired) electrons. The Morgan fingerprint density at radius 3 is 2.15 bits per heavy atom. The maximum atomic E-state index is 5.69. The molecular weight excluding hydrogens is 406 g/mol. The van der Waals surface area contributed by atoms with Gasteiger partial charge in [-0.25, -0.2) is 0 Å². The Balaban J connectivity index is 1.98. The summed E-state index contributed by atoms with van der Waals surface area (Å²) in [5.74, 6) is 0. The van der Waals surface area contributed by atoms with E-state index in [9.17, 15) is 0 Å². The van der Waals surface area contributed by atoms with Gasteiger partial charge in [0.15, 0.2) is 0 Å². The van der Waals surface area contributed by atoms with Crippen molar-refractivity contribution in [1.82, 2.24) is 0 Å². The zero-order valence-electron chi connectivity index (χ0n) is 14.3. The Hall–Kier alpha value is -2.43. The smallest absolute Gasteiger partial charge is 0.111 e. The van der Waals surface area contributed by atoms with Crippen LogP contribution in [0.1, 0.15) is 16.7 Å². The van der Waals surface area contributed by atoms with Crippen molar-refractivity contribution in [3.63, 3.8) is 0 Å². The van der Waals surface area contributed by atoms with E-state index >= 15 is 0 Å². The van der Waals surface area contributed by atoms with Gasteiger partial charge in [-0.1, -0.05) is 82.7 Å². The van der Waals surface area contributed by atoms with Gasteiger partial charge in [0.05, 0.1) is 13.4 Å². The van der Waals surface area contributed by atoms with Gasteiger partial charge in [0.25, 0.3) is 0 Å². The van der Waals surface area contributed by atoms with Crippen LogP contribution < -0.4 is 5.32 Å². The van der Waals surface area contributed by atoms with Crippen LogP contribution in [0.2, 0.25) is 0 Å². The molecule has 0 amide bonds. The van der Waals surface area contributed by atoms with Gasteiger partial charge >= 0.3 is 0 Å². The summed E-state index contributed by atoms with van der Waals surface area (Å²) < 4.78 is 6.38. The van der Waals surface area contributed by atoms with Crippen molar-refractivity contribution in [2.24, 2.45) is 0 Å². The van der Waals surface area contributed by atoms with Crippen molar-refractivity contribution < 1.29 is 4.74 Å². The first-order valence-corrected chi connectivity index (χ1v) is 9.34. The van der Waals surface area contributed by atoms with Gasteiger partial charge in [-0.2, -0.15) is 0 Å². The second-order valence-corrected chi connectivity index (χ2v) is 6.96. The Kier molecular flexibility index (Phi) is 6.21. The molecule has 3 aromatic rings. The molecule has 4 heteroatoms. The molecular formula is C22H18BrNOS. The number of methoxy groups -OCH3 is 1. The van der Waals surface area contributed by atoms with Crippen molar-refractivity contribution in [3.05, 3.63) is 106 Å². The minimum atomic E-state index is 0.667. The maximum absolute atomic E-state index is 5.69. The van der Waals surface area contributed by atoms with E-state index in [1.54, 1.807) is 13.4 Å². The summed E-state index contributed by atoms with van der Waals surface area (Å²) in [4.78, 5) is 0.667. The summed E-state index contributed by atoms with van der Waals surface area (Å²) in [5.41, 5.74) is 5.00. The van der Waals surface area contributed by atoms with Gasteiger partial charge in [0, 0.05) is 21.3 Å². The summed E-state index contributed by atoms with van der Waals surface area (Å²) in [5, 5.41) is 3.32. The fraction of sp³-hybridized carbons (Fsp3) is 0.0455. The van der Waals surface area contributed by atoms with Crippen LogP contribution >= 0.6 is 28.1 Å². The van der Waals surface area contributed by atoms with E-state index in [4.69, 9.17) is 17.0 Å². The van der Waals surface area contributed by atoms with Crippen molar-refractivity contribution in [3.8, 4) is 0 Å². The van der Waals surface area contributed by atoms with Crippen molar-refractivity contribution in [1.29, 1.82) is 0 Å². The number of nitrogens with one attached hydrogen (secondary N) is 1. The normalized spacial score (nSPS) is 11.1. The van der Waals surface area contributed by atoms with E-state index in [2.05, 4.69) is 39.4 Å². The van der Waals surface area contributed by atoms with Crippen LogP contribution in [0.5, 0.6) is 0 Å². The number of hydrogen-bond donors (Lipinski definition) is 1. The molecule has 0 spiro atoms. The molecule has 130 valence electrons. The SMILES string of the molecule is CO/C=C(\c1ccccc1)c1ccccc1C(=S)Nc1ccc(Br)cc1. The summed E-state index contributed by atoms with van der Waals surface area (Å²) in [6, 6.07) is 26.2.